The zero-order valence-electron chi connectivity index (χ0n) is 25.1. The minimum Gasteiger partial charge on any atom is -0.494 e. The maximum absolute atomic E-state index is 13.4. The molecule has 0 bridgehead atoms. The number of aryl methyl sites for hydroxylation is 1. The van der Waals surface area contributed by atoms with Gasteiger partial charge in [0.15, 0.2) is 0 Å². The van der Waals surface area contributed by atoms with Crippen LogP contribution in [0, 0.1) is 0 Å². The lowest BCUT2D eigenvalue weighted by atomic mass is 10.0. The lowest BCUT2D eigenvalue weighted by Crippen LogP contribution is -2.23. The number of nitrogens with zero attached hydrogens (tertiary/aromatic N) is 7. The predicted octanol–water partition coefficient (Wildman–Crippen LogP) is 5.55. The van der Waals surface area contributed by atoms with E-state index in [-0.39, 0.29) is 6.10 Å². The summed E-state index contributed by atoms with van der Waals surface area (Å²) in [6, 6.07) is 7.76. The van der Waals surface area contributed by atoms with Crippen molar-refractivity contribution >= 4 is 68.2 Å². The van der Waals surface area contributed by atoms with Crippen molar-refractivity contribution in [2.45, 2.75) is 12.5 Å². The van der Waals surface area contributed by atoms with E-state index < -0.39 is 7.14 Å². The first kappa shape index (κ1) is 30.0. The molecule has 228 valence electrons. The molecule has 4 heterocycles. The van der Waals surface area contributed by atoms with Crippen LogP contribution < -0.4 is 25.6 Å². The Kier molecular flexibility index (Phi) is 8.28. The van der Waals surface area contributed by atoms with E-state index in [1.54, 1.807) is 50.8 Å². The molecule has 0 radical (unpaired) electrons. The van der Waals surface area contributed by atoms with Crippen molar-refractivity contribution in [3.8, 4) is 16.9 Å². The molecule has 0 amide bonds. The maximum Gasteiger partial charge on any atom is 0.229 e. The van der Waals surface area contributed by atoms with Crippen LogP contribution in [0.1, 0.15) is 6.42 Å². The normalized spacial score (nSPS) is 15.1. The summed E-state index contributed by atoms with van der Waals surface area (Å²) in [6.45, 7) is 5.10. The molecule has 44 heavy (non-hydrogen) atoms. The van der Waals surface area contributed by atoms with Crippen LogP contribution in [0.5, 0.6) is 5.75 Å². The predicted molar refractivity (Wildman–Crippen MR) is 178 cm³/mol. The Balaban J connectivity index is 1.38. The zero-order chi connectivity index (χ0) is 31.0. The SMILES string of the molecule is COc1cc(N2CCC(OC)C2)c(-c2cnn(C)c2)cc1Nc1ncc(Br)c(Nc2ccc3nccnc3c2P(C)(C)=O)n1. The minimum absolute atomic E-state index is 0.173. The van der Waals surface area contributed by atoms with Crippen LogP contribution in [0.2, 0.25) is 0 Å². The number of hydrogen-bond donors (Lipinski definition) is 2. The number of aromatic nitrogens is 6. The Bertz CT molecular complexity index is 1890. The molecule has 0 saturated carbocycles. The van der Waals surface area contributed by atoms with E-state index in [1.807, 2.05) is 43.7 Å². The summed E-state index contributed by atoms with van der Waals surface area (Å²) in [6.07, 6.45) is 9.85. The van der Waals surface area contributed by atoms with Crippen molar-refractivity contribution in [1.82, 2.24) is 29.7 Å². The molecule has 1 saturated heterocycles. The third-order valence-electron chi connectivity index (χ3n) is 7.55. The lowest BCUT2D eigenvalue weighted by Gasteiger charge is -2.24. The molecule has 5 aromatic rings. The van der Waals surface area contributed by atoms with Gasteiger partial charge >= 0.3 is 0 Å². The Labute approximate surface area is 263 Å². The molecule has 3 aromatic heterocycles. The molecule has 1 aliphatic rings. The van der Waals surface area contributed by atoms with Crippen molar-refractivity contribution in [1.29, 1.82) is 0 Å². The Hall–Kier alpha value is -4.06. The van der Waals surface area contributed by atoms with Crippen LogP contribution in [-0.4, -0.2) is 76.5 Å². The first-order valence-electron chi connectivity index (χ1n) is 14.0. The number of benzene rings is 2. The van der Waals surface area contributed by atoms with E-state index in [2.05, 4.69) is 51.5 Å². The summed E-state index contributed by atoms with van der Waals surface area (Å²) in [5.74, 6) is 1.48. The molecule has 1 atom stereocenters. The maximum atomic E-state index is 13.4. The number of hydrogen-bond acceptors (Lipinski definition) is 11. The van der Waals surface area contributed by atoms with E-state index >= 15 is 0 Å². The standard InChI is InChI=1S/C30H33BrN9O3P/c1-39-16-18(14-35-39)20-12-24(26(43-3)13-25(20)40-11-8-19(17-40)42-2)37-30-34-15-21(31)29(38-30)36-23-7-6-22-27(33-10-9-32-22)28(23)44(4,5)41/h6-7,9-10,12-16,19H,8,11,17H2,1-5H3,(H2,34,36,37,38). The van der Waals surface area contributed by atoms with Gasteiger partial charge in [0.1, 0.15) is 24.2 Å². The Morgan fingerprint density at radius 2 is 1.86 bits per heavy atom. The van der Waals surface area contributed by atoms with Crippen molar-refractivity contribution < 1.29 is 14.0 Å². The van der Waals surface area contributed by atoms with Gasteiger partial charge in [0.2, 0.25) is 5.95 Å². The van der Waals surface area contributed by atoms with Crippen LogP contribution in [0.3, 0.4) is 0 Å². The second-order valence-corrected chi connectivity index (χ2v) is 14.9. The molecule has 1 unspecified atom stereocenters. The number of fused-ring (bicyclic) bond motifs is 1. The van der Waals surface area contributed by atoms with Crippen molar-refractivity contribution in [2.24, 2.45) is 7.05 Å². The summed E-state index contributed by atoms with van der Waals surface area (Å²) in [7, 11) is 2.54. The Morgan fingerprint density at radius 1 is 1.05 bits per heavy atom. The molecular formula is C30H33BrN9O3P. The minimum atomic E-state index is -2.76. The monoisotopic (exact) mass is 677 g/mol. The van der Waals surface area contributed by atoms with Gasteiger partial charge in [-0.3, -0.25) is 14.6 Å². The molecule has 0 aliphatic carbocycles. The number of ether oxygens (including phenoxy) is 2. The van der Waals surface area contributed by atoms with Gasteiger partial charge in [-0.05, 0) is 53.9 Å². The topological polar surface area (TPSA) is 132 Å². The molecule has 1 aliphatic heterocycles. The number of methoxy groups -OCH3 is 2. The molecule has 1 fully saturated rings. The average Bonchev–Trinajstić information content (AvgIpc) is 3.67. The molecule has 2 aromatic carbocycles. The van der Waals surface area contributed by atoms with Gasteiger partial charge in [0.25, 0.3) is 0 Å². The first-order chi connectivity index (χ1) is 21.1. The summed E-state index contributed by atoms with van der Waals surface area (Å²) in [4.78, 5) is 20.5. The van der Waals surface area contributed by atoms with Crippen molar-refractivity contribution in [3.63, 3.8) is 0 Å². The van der Waals surface area contributed by atoms with Crippen LogP contribution in [-0.2, 0) is 16.3 Å². The fourth-order valence-corrected chi connectivity index (χ4v) is 7.14. The van der Waals surface area contributed by atoms with Gasteiger partial charge in [0, 0.05) is 74.9 Å². The largest absolute Gasteiger partial charge is 0.494 e. The fourth-order valence-electron chi connectivity index (χ4n) is 5.46. The number of rotatable bonds is 9. The Morgan fingerprint density at radius 3 is 2.57 bits per heavy atom. The van der Waals surface area contributed by atoms with Crippen molar-refractivity contribution in [3.05, 3.63) is 59.7 Å². The first-order valence-corrected chi connectivity index (χ1v) is 17.4. The zero-order valence-corrected chi connectivity index (χ0v) is 27.6. The quantitative estimate of drug-likeness (QED) is 0.190. The van der Waals surface area contributed by atoms with Gasteiger partial charge in [0.05, 0.1) is 46.1 Å². The highest BCUT2D eigenvalue weighted by atomic mass is 79.9. The van der Waals surface area contributed by atoms with Gasteiger partial charge in [-0.2, -0.15) is 10.1 Å². The van der Waals surface area contributed by atoms with Gasteiger partial charge in [-0.15, -0.1) is 0 Å². The average molecular weight is 679 g/mol. The number of halogens is 1. The van der Waals surface area contributed by atoms with Crippen LogP contribution in [0.25, 0.3) is 22.2 Å². The molecule has 14 heteroatoms. The molecule has 2 N–H and O–H groups in total. The van der Waals surface area contributed by atoms with Gasteiger partial charge in [-0.25, -0.2) is 4.98 Å². The number of nitrogens with one attached hydrogen (secondary N) is 2. The van der Waals surface area contributed by atoms with E-state index in [0.717, 1.165) is 36.3 Å². The third-order valence-corrected chi connectivity index (χ3v) is 9.66. The van der Waals surface area contributed by atoms with Crippen LogP contribution in [0.4, 0.5) is 28.8 Å². The highest BCUT2D eigenvalue weighted by Crippen LogP contribution is 2.43. The second kappa shape index (κ2) is 12.1. The van der Waals surface area contributed by atoms with Crippen molar-refractivity contribution in [2.75, 3.05) is 56.2 Å². The summed E-state index contributed by atoms with van der Waals surface area (Å²) in [5, 5.41) is 11.7. The smallest absolute Gasteiger partial charge is 0.229 e. The van der Waals surface area contributed by atoms with E-state index in [1.165, 1.54) is 0 Å². The molecule has 0 spiro atoms. The highest BCUT2D eigenvalue weighted by Gasteiger charge is 2.27. The summed E-state index contributed by atoms with van der Waals surface area (Å²) < 4.78 is 27.3. The molecule has 12 nitrogen and oxygen atoms in total. The van der Waals surface area contributed by atoms with Crippen LogP contribution in [0.15, 0.2) is 59.7 Å². The van der Waals surface area contributed by atoms with E-state index in [0.29, 0.717) is 49.7 Å². The van der Waals surface area contributed by atoms with Gasteiger partial charge < -0.3 is 29.6 Å². The highest BCUT2D eigenvalue weighted by molar-refractivity contribution is 9.10. The summed E-state index contributed by atoms with van der Waals surface area (Å²) >= 11 is 3.57. The second-order valence-electron chi connectivity index (χ2n) is 10.9. The fraction of sp³-hybridized carbons (Fsp3) is 0.300. The summed E-state index contributed by atoms with van der Waals surface area (Å²) in [5.41, 5.74) is 5.61. The molecule has 6 rings (SSSR count). The van der Waals surface area contributed by atoms with E-state index in [4.69, 9.17) is 14.5 Å². The lowest BCUT2D eigenvalue weighted by molar-refractivity contribution is 0.121. The van der Waals surface area contributed by atoms with E-state index in [9.17, 15) is 4.57 Å². The third kappa shape index (κ3) is 5.99. The van der Waals surface area contributed by atoms with Gasteiger partial charge in [-0.1, -0.05) is 0 Å². The number of anilines is 5. The molecular weight excluding hydrogens is 645 g/mol. The van der Waals surface area contributed by atoms with Crippen LogP contribution >= 0.6 is 23.1 Å².